The Morgan fingerprint density at radius 3 is 2.55 bits per heavy atom. The predicted octanol–water partition coefficient (Wildman–Crippen LogP) is 2.83. The first-order chi connectivity index (χ1) is 9.41. The summed E-state index contributed by atoms with van der Waals surface area (Å²) in [6.45, 7) is 4.07. The summed E-state index contributed by atoms with van der Waals surface area (Å²) in [6.07, 6.45) is 0.872. The zero-order chi connectivity index (χ0) is 15.2. The number of halogens is 2. The average molecular weight is 305 g/mol. The molecule has 0 radical (unpaired) electrons. The fourth-order valence-corrected chi connectivity index (χ4v) is 2.95. The topological polar surface area (TPSA) is 46.2 Å². The van der Waals surface area contributed by atoms with Gasteiger partial charge in [0.15, 0.2) is 11.6 Å². The van der Waals surface area contributed by atoms with Crippen molar-refractivity contribution < 1.29 is 17.2 Å². The number of benzene rings is 1. The van der Waals surface area contributed by atoms with Gasteiger partial charge in [0.25, 0.3) is 0 Å². The van der Waals surface area contributed by atoms with Crippen molar-refractivity contribution in [3.63, 3.8) is 0 Å². The maximum atomic E-state index is 13.8. The molecule has 0 amide bonds. The average Bonchev–Trinajstić information content (AvgIpc) is 2.41. The van der Waals surface area contributed by atoms with E-state index in [4.69, 9.17) is 0 Å². The molecule has 114 valence electrons. The van der Waals surface area contributed by atoms with E-state index in [0.29, 0.717) is 19.4 Å². The highest BCUT2D eigenvalue weighted by molar-refractivity contribution is 7.91. The first-order valence-electron chi connectivity index (χ1n) is 6.79. The van der Waals surface area contributed by atoms with Crippen LogP contribution in [0, 0.1) is 11.6 Å². The minimum atomic E-state index is -3.03. The molecule has 0 fully saturated rings. The van der Waals surface area contributed by atoms with E-state index in [1.165, 1.54) is 12.1 Å². The monoisotopic (exact) mass is 305 g/mol. The van der Waals surface area contributed by atoms with Crippen molar-refractivity contribution in [1.82, 2.24) is 5.32 Å². The largest absolute Gasteiger partial charge is 0.310 e. The Morgan fingerprint density at radius 2 is 1.95 bits per heavy atom. The molecule has 0 saturated carbocycles. The summed E-state index contributed by atoms with van der Waals surface area (Å²) in [6, 6.07) is 3.69. The van der Waals surface area contributed by atoms with E-state index in [9.17, 15) is 17.2 Å². The van der Waals surface area contributed by atoms with Crippen LogP contribution in [0.2, 0.25) is 0 Å². The molecule has 20 heavy (non-hydrogen) atoms. The summed E-state index contributed by atoms with van der Waals surface area (Å²) >= 11 is 0. The van der Waals surface area contributed by atoms with Crippen molar-refractivity contribution in [2.45, 2.75) is 32.7 Å². The van der Waals surface area contributed by atoms with Gasteiger partial charge < -0.3 is 5.32 Å². The standard InChI is InChI=1S/C14H21F2NO2S/c1-3-17-13(9-6-10-20(18,19)4-2)11-7-5-8-12(15)14(11)16/h5,7-8,13,17H,3-4,6,9-10H2,1-2H3. The highest BCUT2D eigenvalue weighted by atomic mass is 32.2. The second kappa shape index (κ2) is 7.69. The van der Waals surface area contributed by atoms with Crippen LogP contribution in [-0.2, 0) is 9.84 Å². The van der Waals surface area contributed by atoms with Crippen LogP contribution in [0.25, 0.3) is 0 Å². The van der Waals surface area contributed by atoms with Crippen LogP contribution < -0.4 is 5.32 Å². The summed E-state index contributed by atoms with van der Waals surface area (Å²) in [5.74, 6) is -1.57. The van der Waals surface area contributed by atoms with Gasteiger partial charge in [0.1, 0.15) is 9.84 Å². The van der Waals surface area contributed by atoms with E-state index in [0.717, 1.165) is 6.07 Å². The molecule has 0 bridgehead atoms. The van der Waals surface area contributed by atoms with Gasteiger partial charge in [0.2, 0.25) is 0 Å². The van der Waals surface area contributed by atoms with Gasteiger partial charge in [-0.25, -0.2) is 17.2 Å². The Labute approximate surface area is 119 Å². The van der Waals surface area contributed by atoms with E-state index >= 15 is 0 Å². The van der Waals surface area contributed by atoms with Gasteiger partial charge in [-0.2, -0.15) is 0 Å². The minimum absolute atomic E-state index is 0.0718. The molecule has 1 aromatic rings. The molecule has 0 aliphatic carbocycles. The molecule has 1 atom stereocenters. The highest BCUT2D eigenvalue weighted by Gasteiger charge is 2.18. The van der Waals surface area contributed by atoms with Crippen LogP contribution in [0.4, 0.5) is 8.78 Å². The van der Waals surface area contributed by atoms with E-state index < -0.39 is 21.5 Å². The molecular weight excluding hydrogens is 284 g/mol. The van der Waals surface area contributed by atoms with Gasteiger partial charge in [-0.05, 0) is 25.5 Å². The summed E-state index contributed by atoms with van der Waals surface area (Å²) < 4.78 is 49.9. The number of sulfone groups is 1. The van der Waals surface area contributed by atoms with E-state index in [1.54, 1.807) is 6.92 Å². The Balaban J connectivity index is 2.77. The molecule has 1 aromatic carbocycles. The quantitative estimate of drug-likeness (QED) is 0.803. The van der Waals surface area contributed by atoms with E-state index in [2.05, 4.69) is 5.32 Å². The zero-order valence-electron chi connectivity index (χ0n) is 11.8. The molecule has 0 spiro atoms. The SMILES string of the molecule is CCNC(CCCS(=O)(=O)CC)c1cccc(F)c1F. The Bertz CT molecular complexity index is 532. The zero-order valence-corrected chi connectivity index (χ0v) is 12.6. The molecule has 1 rings (SSSR count). The van der Waals surface area contributed by atoms with Crippen molar-refractivity contribution in [2.75, 3.05) is 18.1 Å². The maximum absolute atomic E-state index is 13.8. The second-order valence-electron chi connectivity index (χ2n) is 4.63. The molecule has 0 aliphatic rings. The molecule has 1 unspecified atom stereocenters. The lowest BCUT2D eigenvalue weighted by atomic mass is 10.0. The van der Waals surface area contributed by atoms with E-state index in [1.807, 2.05) is 6.92 Å². The molecular formula is C14H21F2NO2S. The van der Waals surface area contributed by atoms with Gasteiger partial charge in [0.05, 0.1) is 5.75 Å². The first-order valence-corrected chi connectivity index (χ1v) is 8.61. The van der Waals surface area contributed by atoms with Gasteiger partial charge in [-0.1, -0.05) is 26.0 Å². The van der Waals surface area contributed by atoms with E-state index in [-0.39, 0.29) is 23.1 Å². The summed E-state index contributed by atoms with van der Waals surface area (Å²) in [4.78, 5) is 0. The van der Waals surface area contributed by atoms with Crippen LogP contribution in [0.1, 0.15) is 38.3 Å². The third-order valence-corrected chi connectivity index (χ3v) is 4.99. The van der Waals surface area contributed by atoms with Gasteiger partial charge in [0, 0.05) is 17.4 Å². The Morgan fingerprint density at radius 1 is 1.25 bits per heavy atom. The summed E-state index contributed by atoms with van der Waals surface area (Å²) in [7, 11) is -3.03. The number of nitrogens with one attached hydrogen (secondary N) is 1. The molecule has 6 heteroatoms. The lowest BCUT2D eigenvalue weighted by Crippen LogP contribution is -2.23. The Hall–Kier alpha value is -1.01. The third-order valence-electron chi connectivity index (χ3n) is 3.20. The highest BCUT2D eigenvalue weighted by Crippen LogP contribution is 2.23. The van der Waals surface area contributed by atoms with Crippen molar-refractivity contribution in [2.24, 2.45) is 0 Å². The molecule has 0 saturated heterocycles. The van der Waals surface area contributed by atoms with Crippen LogP contribution >= 0.6 is 0 Å². The van der Waals surface area contributed by atoms with Crippen LogP contribution in [0.3, 0.4) is 0 Å². The third kappa shape index (κ3) is 4.83. The lowest BCUT2D eigenvalue weighted by molar-refractivity contribution is 0.449. The fourth-order valence-electron chi connectivity index (χ4n) is 2.06. The molecule has 0 aliphatic heterocycles. The number of rotatable bonds is 8. The normalized spacial score (nSPS) is 13.4. The maximum Gasteiger partial charge on any atom is 0.163 e. The van der Waals surface area contributed by atoms with Crippen LogP contribution in [0.5, 0.6) is 0 Å². The van der Waals surface area contributed by atoms with Crippen molar-refractivity contribution >= 4 is 9.84 Å². The number of hydrogen-bond acceptors (Lipinski definition) is 3. The fraction of sp³-hybridized carbons (Fsp3) is 0.571. The molecule has 0 aromatic heterocycles. The van der Waals surface area contributed by atoms with Crippen molar-refractivity contribution in [1.29, 1.82) is 0 Å². The predicted molar refractivity (Wildman–Crippen MR) is 76.3 cm³/mol. The van der Waals surface area contributed by atoms with Crippen LogP contribution in [0.15, 0.2) is 18.2 Å². The van der Waals surface area contributed by atoms with Gasteiger partial charge >= 0.3 is 0 Å². The summed E-state index contributed by atoms with van der Waals surface area (Å²) in [5, 5.41) is 3.07. The molecule has 1 N–H and O–H groups in total. The van der Waals surface area contributed by atoms with Crippen molar-refractivity contribution in [3.05, 3.63) is 35.4 Å². The molecule has 3 nitrogen and oxygen atoms in total. The molecule has 0 heterocycles. The van der Waals surface area contributed by atoms with Crippen molar-refractivity contribution in [3.8, 4) is 0 Å². The first kappa shape index (κ1) is 17.0. The smallest absolute Gasteiger partial charge is 0.163 e. The Kier molecular flexibility index (Phi) is 6.55. The lowest BCUT2D eigenvalue weighted by Gasteiger charge is -2.19. The van der Waals surface area contributed by atoms with Crippen LogP contribution in [-0.4, -0.2) is 26.5 Å². The minimum Gasteiger partial charge on any atom is -0.310 e. The second-order valence-corrected chi connectivity index (χ2v) is 7.10. The van der Waals surface area contributed by atoms with Gasteiger partial charge in [-0.3, -0.25) is 0 Å². The van der Waals surface area contributed by atoms with Gasteiger partial charge in [-0.15, -0.1) is 0 Å². The number of hydrogen-bond donors (Lipinski definition) is 1. The summed E-state index contributed by atoms with van der Waals surface area (Å²) in [5.41, 5.74) is 0.251.